The number of aromatic nitrogens is 1. The standard InChI is InChI=1S/C17H21N3O4S2/c1-13(21)19-9-6-16-4-5-17(25-16)26(22,23)20-10-7-15(12-20)24-14-3-2-8-18-11-14/h2-5,8,11,15H,6-7,9-10,12H2,1H3,(H,19,21). The highest BCUT2D eigenvalue weighted by Gasteiger charge is 2.34. The maximum Gasteiger partial charge on any atom is 0.252 e. The minimum Gasteiger partial charge on any atom is -0.487 e. The largest absolute Gasteiger partial charge is 0.487 e. The summed E-state index contributed by atoms with van der Waals surface area (Å²) in [5, 5.41) is 2.71. The molecule has 2 aromatic rings. The predicted molar refractivity (Wildman–Crippen MR) is 98.7 cm³/mol. The van der Waals surface area contributed by atoms with Crippen molar-refractivity contribution >= 4 is 27.3 Å². The lowest BCUT2D eigenvalue weighted by molar-refractivity contribution is -0.118. The van der Waals surface area contributed by atoms with Crippen LogP contribution in [0.3, 0.4) is 0 Å². The van der Waals surface area contributed by atoms with Crippen molar-refractivity contribution < 1.29 is 17.9 Å². The van der Waals surface area contributed by atoms with E-state index in [2.05, 4.69) is 10.3 Å². The van der Waals surface area contributed by atoms with Gasteiger partial charge in [0, 0.05) is 31.1 Å². The summed E-state index contributed by atoms with van der Waals surface area (Å²) in [7, 11) is -3.52. The summed E-state index contributed by atoms with van der Waals surface area (Å²) in [5.74, 6) is 0.555. The molecule has 7 nitrogen and oxygen atoms in total. The van der Waals surface area contributed by atoms with Gasteiger partial charge in [-0.15, -0.1) is 11.3 Å². The van der Waals surface area contributed by atoms with Crippen molar-refractivity contribution in [2.24, 2.45) is 0 Å². The fourth-order valence-electron chi connectivity index (χ4n) is 2.74. The molecule has 3 rings (SSSR count). The van der Waals surface area contributed by atoms with Gasteiger partial charge in [0.1, 0.15) is 16.1 Å². The molecule has 1 unspecified atom stereocenters. The summed E-state index contributed by atoms with van der Waals surface area (Å²) in [5.41, 5.74) is 0. The van der Waals surface area contributed by atoms with E-state index in [9.17, 15) is 13.2 Å². The minimum atomic E-state index is -3.52. The maximum atomic E-state index is 12.8. The average Bonchev–Trinajstić information content (AvgIpc) is 3.26. The Bertz CT molecular complexity index is 852. The zero-order chi connectivity index (χ0) is 18.6. The molecule has 0 aliphatic carbocycles. The Labute approximate surface area is 157 Å². The number of nitrogens with zero attached hydrogens (tertiary/aromatic N) is 2. The number of hydrogen-bond donors (Lipinski definition) is 1. The number of carbonyl (C=O) groups excluding carboxylic acids is 1. The van der Waals surface area contributed by atoms with E-state index >= 15 is 0 Å². The normalized spacial score (nSPS) is 18.0. The third kappa shape index (κ3) is 4.60. The van der Waals surface area contributed by atoms with Crippen LogP contribution < -0.4 is 10.1 Å². The first kappa shape index (κ1) is 18.8. The quantitative estimate of drug-likeness (QED) is 0.770. The fourth-order valence-corrected chi connectivity index (χ4v) is 5.74. The van der Waals surface area contributed by atoms with E-state index < -0.39 is 10.0 Å². The van der Waals surface area contributed by atoms with Crippen molar-refractivity contribution in [2.45, 2.75) is 30.1 Å². The number of ether oxygens (including phenoxy) is 1. The average molecular weight is 396 g/mol. The van der Waals surface area contributed by atoms with E-state index in [1.165, 1.54) is 22.6 Å². The zero-order valence-electron chi connectivity index (χ0n) is 14.4. The molecule has 1 aliphatic rings. The molecular formula is C17H21N3O4S2. The van der Waals surface area contributed by atoms with Crippen LogP contribution in [-0.4, -0.2) is 49.4 Å². The van der Waals surface area contributed by atoms with Crippen LogP contribution in [0.4, 0.5) is 0 Å². The molecule has 0 spiro atoms. The first-order valence-corrected chi connectivity index (χ1v) is 10.6. The monoisotopic (exact) mass is 395 g/mol. The van der Waals surface area contributed by atoms with Gasteiger partial charge in [-0.1, -0.05) is 0 Å². The number of carbonyl (C=O) groups is 1. The minimum absolute atomic E-state index is 0.0916. The molecule has 1 saturated heterocycles. The van der Waals surface area contributed by atoms with E-state index in [-0.39, 0.29) is 12.0 Å². The molecule has 0 bridgehead atoms. The Kier molecular flexibility index (Phi) is 5.90. The molecule has 3 heterocycles. The fraction of sp³-hybridized carbons (Fsp3) is 0.412. The smallest absolute Gasteiger partial charge is 0.252 e. The van der Waals surface area contributed by atoms with Gasteiger partial charge < -0.3 is 10.1 Å². The van der Waals surface area contributed by atoms with E-state index in [0.717, 1.165) is 4.88 Å². The molecule has 0 aromatic carbocycles. The Morgan fingerprint density at radius 1 is 1.42 bits per heavy atom. The van der Waals surface area contributed by atoms with Crippen molar-refractivity contribution in [1.29, 1.82) is 0 Å². The summed E-state index contributed by atoms with van der Waals surface area (Å²) in [6.45, 7) is 2.73. The van der Waals surface area contributed by atoms with Gasteiger partial charge in [0.15, 0.2) is 0 Å². The van der Waals surface area contributed by atoms with Crippen molar-refractivity contribution in [2.75, 3.05) is 19.6 Å². The van der Waals surface area contributed by atoms with Crippen LogP contribution in [0.5, 0.6) is 5.75 Å². The van der Waals surface area contributed by atoms with Crippen molar-refractivity contribution in [3.8, 4) is 5.75 Å². The molecule has 2 aromatic heterocycles. The molecule has 1 N–H and O–H groups in total. The highest BCUT2D eigenvalue weighted by atomic mass is 32.2. The molecule has 1 fully saturated rings. The molecule has 140 valence electrons. The number of sulfonamides is 1. The summed E-state index contributed by atoms with van der Waals surface area (Å²) < 4.78 is 33.3. The highest BCUT2D eigenvalue weighted by Crippen LogP contribution is 2.28. The number of thiophene rings is 1. The molecule has 26 heavy (non-hydrogen) atoms. The molecule has 1 aliphatic heterocycles. The van der Waals surface area contributed by atoms with E-state index in [4.69, 9.17) is 4.74 Å². The van der Waals surface area contributed by atoms with Crippen LogP contribution in [0.15, 0.2) is 40.9 Å². The van der Waals surface area contributed by atoms with Crippen LogP contribution in [0, 0.1) is 0 Å². The van der Waals surface area contributed by atoms with E-state index in [1.807, 2.05) is 6.07 Å². The molecule has 0 saturated carbocycles. The van der Waals surface area contributed by atoms with Gasteiger partial charge in [0.25, 0.3) is 10.0 Å². The lowest BCUT2D eigenvalue weighted by Gasteiger charge is -2.16. The van der Waals surface area contributed by atoms with Gasteiger partial charge in [-0.25, -0.2) is 8.42 Å². The Hall–Kier alpha value is -1.97. The lowest BCUT2D eigenvalue weighted by Crippen LogP contribution is -2.30. The summed E-state index contributed by atoms with van der Waals surface area (Å²) >= 11 is 1.25. The maximum absolute atomic E-state index is 12.8. The van der Waals surface area contributed by atoms with Crippen molar-refractivity contribution in [3.05, 3.63) is 41.5 Å². The van der Waals surface area contributed by atoms with Crippen molar-refractivity contribution in [1.82, 2.24) is 14.6 Å². The second-order valence-corrected chi connectivity index (χ2v) is 9.37. The molecular weight excluding hydrogens is 374 g/mol. The number of amides is 1. The Morgan fingerprint density at radius 2 is 2.27 bits per heavy atom. The summed E-state index contributed by atoms with van der Waals surface area (Å²) in [4.78, 5) is 15.8. The van der Waals surface area contributed by atoms with E-state index in [1.54, 1.807) is 30.6 Å². The number of nitrogens with one attached hydrogen (secondary N) is 1. The predicted octanol–water partition coefficient (Wildman–Crippen LogP) is 1.66. The van der Waals surface area contributed by atoms with Gasteiger partial charge in [0.05, 0.1) is 12.7 Å². The first-order valence-electron chi connectivity index (χ1n) is 8.35. The third-order valence-electron chi connectivity index (χ3n) is 4.02. The lowest BCUT2D eigenvalue weighted by atomic mass is 10.3. The van der Waals surface area contributed by atoms with Crippen LogP contribution in [0.2, 0.25) is 0 Å². The van der Waals surface area contributed by atoms with Crippen LogP contribution >= 0.6 is 11.3 Å². The Morgan fingerprint density at radius 3 is 3.00 bits per heavy atom. The first-order chi connectivity index (χ1) is 12.4. The number of hydrogen-bond acceptors (Lipinski definition) is 6. The van der Waals surface area contributed by atoms with Gasteiger partial charge in [-0.05, 0) is 37.1 Å². The Balaban J connectivity index is 1.60. The van der Waals surface area contributed by atoms with Gasteiger partial charge in [-0.2, -0.15) is 4.31 Å². The van der Waals surface area contributed by atoms with Crippen molar-refractivity contribution in [3.63, 3.8) is 0 Å². The van der Waals surface area contributed by atoms with Gasteiger partial charge in [0.2, 0.25) is 5.91 Å². The second kappa shape index (κ2) is 8.15. The topological polar surface area (TPSA) is 88.6 Å². The highest BCUT2D eigenvalue weighted by molar-refractivity contribution is 7.91. The molecule has 1 atom stereocenters. The van der Waals surface area contributed by atoms with E-state index in [0.29, 0.717) is 42.4 Å². The van der Waals surface area contributed by atoms with Crippen LogP contribution in [0.1, 0.15) is 18.2 Å². The number of rotatable bonds is 7. The SMILES string of the molecule is CC(=O)NCCc1ccc(S(=O)(=O)N2CCC(Oc3cccnc3)C2)s1. The van der Waals surface area contributed by atoms with Gasteiger partial charge in [-0.3, -0.25) is 9.78 Å². The number of pyridine rings is 1. The summed E-state index contributed by atoms with van der Waals surface area (Å²) in [6, 6.07) is 7.04. The molecule has 9 heteroatoms. The van der Waals surface area contributed by atoms with Crippen LogP contribution in [0.25, 0.3) is 0 Å². The second-order valence-electron chi connectivity index (χ2n) is 6.03. The molecule has 1 amide bonds. The molecule has 0 radical (unpaired) electrons. The third-order valence-corrected chi connectivity index (χ3v) is 7.50. The summed E-state index contributed by atoms with van der Waals surface area (Å²) in [6.07, 6.45) is 4.38. The van der Waals surface area contributed by atoms with Gasteiger partial charge >= 0.3 is 0 Å². The zero-order valence-corrected chi connectivity index (χ0v) is 16.1. The van der Waals surface area contributed by atoms with Crippen LogP contribution in [-0.2, 0) is 21.2 Å².